The van der Waals surface area contributed by atoms with Crippen LogP contribution in [0.5, 0.6) is 11.5 Å². The molecule has 13 heteroatoms. The lowest BCUT2D eigenvalue weighted by Crippen LogP contribution is -2.34. The summed E-state index contributed by atoms with van der Waals surface area (Å²) < 4.78 is 67.1. The SMILES string of the molecule is COc1ccc(F)c(F)c1OCc1cc(-n2c(=O)[nH]c3csc(C(=O)O)c3c2=O)c(F)cc1F. The average Bonchev–Trinajstić information content (AvgIpc) is 3.21. The number of aromatic carboxylic acids is 1. The smallest absolute Gasteiger partial charge is 0.346 e. The van der Waals surface area contributed by atoms with E-state index in [2.05, 4.69) is 4.98 Å². The van der Waals surface area contributed by atoms with Gasteiger partial charge in [0.15, 0.2) is 11.6 Å². The molecule has 176 valence electrons. The second-order valence-corrected chi connectivity index (χ2v) is 7.69. The molecule has 2 aromatic heterocycles. The number of nitrogens with zero attached hydrogens (tertiary/aromatic N) is 1. The predicted octanol–water partition coefficient (Wildman–Crippen LogP) is 3.58. The Bertz CT molecular complexity index is 1580. The highest BCUT2D eigenvalue weighted by Gasteiger charge is 2.22. The molecular formula is C21H12F4N2O6S. The molecule has 2 N–H and O–H groups in total. The van der Waals surface area contributed by atoms with E-state index in [1.54, 1.807) is 0 Å². The first-order valence-electron chi connectivity index (χ1n) is 9.27. The molecule has 0 saturated carbocycles. The number of rotatable bonds is 6. The number of fused-ring (bicyclic) bond motifs is 1. The van der Waals surface area contributed by atoms with Crippen LogP contribution in [0.1, 0.15) is 15.2 Å². The Kier molecular flexibility index (Phi) is 5.87. The Morgan fingerprint density at radius 2 is 1.85 bits per heavy atom. The number of aromatic amines is 1. The third-order valence-electron chi connectivity index (χ3n) is 4.81. The number of aromatic nitrogens is 2. The lowest BCUT2D eigenvalue weighted by atomic mass is 10.1. The van der Waals surface area contributed by atoms with Crippen molar-refractivity contribution in [3.63, 3.8) is 0 Å². The van der Waals surface area contributed by atoms with Crippen LogP contribution in [-0.2, 0) is 6.61 Å². The third-order valence-corrected chi connectivity index (χ3v) is 5.78. The standard InChI is InChI=1S/C21H12F4N2O6S/c1-32-14-3-2-9(22)16(25)17(14)33-6-8-4-13(11(24)5-10(8)23)27-19(28)15-12(26-21(27)31)7-34-18(15)20(29)30/h2-5,7H,6H2,1H3,(H,26,31)(H,29,30). The van der Waals surface area contributed by atoms with Crippen molar-refractivity contribution >= 4 is 28.2 Å². The van der Waals surface area contributed by atoms with E-state index in [9.17, 15) is 37.1 Å². The lowest BCUT2D eigenvalue weighted by molar-refractivity contribution is 0.0704. The number of carboxylic acid groups (broad SMARTS) is 1. The topological polar surface area (TPSA) is 111 Å². The fourth-order valence-electron chi connectivity index (χ4n) is 3.24. The van der Waals surface area contributed by atoms with Crippen molar-refractivity contribution in [2.24, 2.45) is 0 Å². The number of H-pyrrole nitrogens is 1. The fourth-order valence-corrected chi connectivity index (χ4v) is 4.06. The van der Waals surface area contributed by atoms with E-state index in [-0.39, 0.29) is 21.5 Å². The maximum Gasteiger partial charge on any atom is 0.346 e. The van der Waals surface area contributed by atoms with Gasteiger partial charge in [0.2, 0.25) is 11.6 Å². The molecule has 0 aliphatic heterocycles. The molecule has 34 heavy (non-hydrogen) atoms. The van der Waals surface area contributed by atoms with Crippen LogP contribution in [0, 0.1) is 23.3 Å². The highest BCUT2D eigenvalue weighted by atomic mass is 32.1. The molecule has 0 amide bonds. The number of ether oxygens (including phenoxy) is 2. The second-order valence-electron chi connectivity index (χ2n) is 6.81. The molecule has 0 saturated heterocycles. The van der Waals surface area contributed by atoms with Gasteiger partial charge in [-0.2, -0.15) is 4.39 Å². The lowest BCUT2D eigenvalue weighted by Gasteiger charge is -2.14. The number of hydrogen-bond acceptors (Lipinski definition) is 6. The normalized spacial score (nSPS) is 11.1. The summed E-state index contributed by atoms with van der Waals surface area (Å²) >= 11 is 0.684. The van der Waals surface area contributed by atoms with Crippen molar-refractivity contribution in [1.82, 2.24) is 9.55 Å². The largest absolute Gasteiger partial charge is 0.493 e. The number of methoxy groups -OCH3 is 1. The van der Waals surface area contributed by atoms with Gasteiger partial charge in [0.1, 0.15) is 23.1 Å². The van der Waals surface area contributed by atoms with Gasteiger partial charge in [0, 0.05) is 17.0 Å². The molecule has 0 atom stereocenters. The van der Waals surface area contributed by atoms with Gasteiger partial charge < -0.3 is 19.6 Å². The Labute approximate surface area is 190 Å². The Morgan fingerprint density at radius 3 is 2.53 bits per heavy atom. The fraction of sp³-hybridized carbons (Fsp3) is 0.0952. The van der Waals surface area contributed by atoms with Gasteiger partial charge in [-0.3, -0.25) is 4.79 Å². The highest BCUT2D eigenvalue weighted by Crippen LogP contribution is 2.33. The van der Waals surface area contributed by atoms with Crippen molar-refractivity contribution < 1.29 is 36.9 Å². The summed E-state index contributed by atoms with van der Waals surface area (Å²) in [5, 5.41) is 10.2. The first-order valence-corrected chi connectivity index (χ1v) is 10.1. The van der Waals surface area contributed by atoms with Gasteiger partial charge in [-0.05, 0) is 18.2 Å². The minimum atomic E-state index is -1.43. The minimum absolute atomic E-state index is 0.0617. The predicted molar refractivity (Wildman–Crippen MR) is 112 cm³/mol. The summed E-state index contributed by atoms with van der Waals surface area (Å²) in [6, 6.07) is 3.01. The van der Waals surface area contributed by atoms with Gasteiger partial charge in [0.05, 0.1) is 23.7 Å². The number of hydrogen-bond donors (Lipinski definition) is 2. The molecule has 0 spiro atoms. The van der Waals surface area contributed by atoms with Gasteiger partial charge in [-0.25, -0.2) is 27.3 Å². The van der Waals surface area contributed by atoms with Crippen LogP contribution in [0.3, 0.4) is 0 Å². The summed E-state index contributed by atoms with van der Waals surface area (Å²) in [5.74, 6) is -7.44. The van der Waals surface area contributed by atoms with E-state index in [0.717, 1.165) is 18.2 Å². The van der Waals surface area contributed by atoms with Crippen molar-refractivity contribution in [2.45, 2.75) is 6.61 Å². The van der Waals surface area contributed by atoms with Crippen LogP contribution in [0.2, 0.25) is 0 Å². The minimum Gasteiger partial charge on any atom is -0.493 e. The van der Waals surface area contributed by atoms with Crippen LogP contribution < -0.4 is 20.7 Å². The average molecular weight is 496 g/mol. The van der Waals surface area contributed by atoms with Crippen LogP contribution in [0.25, 0.3) is 16.6 Å². The van der Waals surface area contributed by atoms with E-state index >= 15 is 0 Å². The maximum absolute atomic E-state index is 14.6. The second kappa shape index (κ2) is 8.67. The van der Waals surface area contributed by atoms with Gasteiger partial charge in [0.25, 0.3) is 5.56 Å². The summed E-state index contributed by atoms with van der Waals surface area (Å²) in [5.41, 5.74) is -3.44. The van der Waals surface area contributed by atoms with Gasteiger partial charge >= 0.3 is 11.7 Å². The molecule has 0 aliphatic rings. The summed E-state index contributed by atoms with van der Waals surface area (Å²) in [6.07, 6.45) is 0. The number of halogens is 4. The molecule has 4 aromatic rings. The Morgan fingerprint density at radius 1 is 1.12 bits per heavy atom. The monoisotopic (exact) mass is 496 g/mol. The number of benzene rings is 2. The van der Waals surface area contributed by atoms with Gasteiger partial charge in [-0.15, -0.1) is 11.3 Å². The van der Waals surface area contributed by atoms with E-state index in [4.69, 9.17) is 9.47 Å². The molecular weight excluding hydrogens is 484 g/mol. The first-order chi connectivity index (χ1) is 16.1. The first kappa shape index (κ1) is 23.0. The van der Waals surface area contributed by atoms with Crippen molar-refractivity contribution in [3.05, 3.63) is 84.2 Å². The zero-order valence-corrected chi connectivity index (χ0v) is 17.8. The van der Waals surface area contributed by atoms with Crippen molar-refractivity contribution in [3.8, 4) is 17.2 Å². The van der Waals surface area contributed by atoms with E-state index in [1.165, 1.54) is 12.5 Å². The molecule has 0 radical (unpaired) electrons. The van der Waals surface area contributed by atoms with Crippen LogP contribution >= 0.6 is 11.3 Å². The number of carboxylic acids is 1. The van der Waals surface area contributed by atoms with E-state index < -0.39 is 64.1 Å². The van der Waals surface area contributed by atoms with E-state index in [1.807, 2.05) is 0 Å². The molecule has 8 nitrogen and oxygen atoms in total. The zero-order valence-electron chi connectivity index (χ0n) is 16.9. The van der Waals surface area contributed by atoms with Crippen molar-refractivity contribution in [1.29, 1.82) is 0 Å². The van der Waals surface area contributed by atoms with Crippen LogP contribution in [0.15, 0.2) is 39.2 Å². The summed E-state index contributed by atoms with van der Waals surface area (Å²) in [4.78, 5) is 38.7. The Hall–Kier alpha value is -4.13. The molecule has 2 heterocycles. The third kappa shape index (κ3) is 3.79. The molecule has 0 aliphatic carbocycles. The van der Waals surface area contributed by atoms with Crippen LogP contribution in [0.4, 0.5) is 17.6 Å². The van der Waals surface area contributed by atoms with Crippen molar-refractivity contribution in [2.75, 3.05) is 7.11 Å². The molecule has 0 fully saturated rings. The van der Waals surface area contributed by atoms with Gasteiger partial charge in [-0.1, -0.05) is 0 Å². The maximum atomic E-state index is 14.6. The summed E-state index contributed by atoms with van der Waals surface area (Å²) in [6.45, 7) is -0.760. The highest BCUT2D eigenvalue weighted by molar-refractivity contribution is 7.13. The zero-order chi connectivity index (χ0) is 24.7. The molecule has 2 aromatic carbocycles. The quantitative estimate of drug-likeness (QED) is 0.395. The number of nitrogens with one attached hydrogen (secondary N) is 1. The molecule has 0 bridgehead atoms. The number of carbonyl (C=O) groups is 1. The summed E-state index contributed by atoms with van der Waals surface area (Å²) in [7, 11) is 1.17. The van der Waals surface area contributed by atoms with E-state index in [0.29, 0.717) is 22.0 Å². The molecule has 0 unspecified atom stereocenters. The van der Waals surface area contributed by atoms with Crippen LogP contribution in [-0.4, -0.2) is 27.7 Å². The number of thiophene rings is 1. The molecule has 4 rings (SSSR count). The Balaban J connectivity index is 1.83.